The first-order valence-electron chi connectivity index (χ1n) is 6.93. The van der Waals surface area contributed by atoms with Gasteiger partial charge in [-0.25, -0.2) is 0 Å². The zero-order valence-electron chi connectivity index (χ0n) is 11.5. The molecule has 1 aliphatic rings. The molecule has 1 fully saturated rings. The second-order valence-corrected chi connectivity index (χ2v) is 6.78. The lowest BCUT2D eigenvalue weighted by atomic mass is 9.78. The zero-order valence-corrected chi connectivity index (χ0v) is 13.1. The summed E-state index contributed by atoms with van der Waals surface area (Å²) in [6.07, 6.45) is 4.56. The van der Waals surface area contributed by atoms with Crippen molar-refractivity contribution < 1.29 is 5.11 Å². The molecular weight excluding hydrogens is 288 g/mol. The van der Waals surface area contributed by atoms with E-state index in [4.69, 9.17) is 0 Å². The van der Waals surface area contributed by atoms with Gasteiger partial charge in [0.25, 0.3) is 0 Å². The molecule has 0 heterocycles. The molecular formula is C16H23BrO. The number of rotatable bonds is 2. The number of halogens is 1. The highest BCUT2D eigenvalue weighted by atomic mass is 79.9. The highest BCUT2D eigenvalue weighted by Crippen LogP contribution is 2.38. The minimum absolute atomic E-state index is 0.288. The van der Waals surface area contributed by atoms with Crippen molar-refractivity contribution in [1.82, 2.24) is 0 Å². The molecule has 1 nitrogen and oxygen atoms in total. The van der Waals surface area contributed by atoms with Crippen LogP contribution in [0.2, 0.25) is 0 Å². The van der Waals surface area contributed by atoms with Gasteiger partial charge in [-0.2, -0.15) is 0 Å². The fraction of sp³-hybridized carbons (Fsp3) is 0.625. The van der Waals surface area contributed by atoms with Crippen LogP contribution in [0.1, 0.15) is 55.4 Å². The van der Waals surface area contributed by atoms with Crippen molar-refractivity contribution in [2.45, 2.75) is 52.6 Å². The molecule has 1 saturated carbocycles. The summed E-state index contributed by atoms with van der Waals surface area (Å²) in [6.45, 7) is 6.49. The molecule has 0 radical (unpaired) electrons. The van der Waals surface area contributed by atoms with Crippen LogP contribution in [-0.2, 0) is 0 Å². The van der Waals surface area contributed by atoms with E-state index in [1.54, 1.807) is 0 Å². The van der Waals surface area contributed by atoms with Gasteiger partial charge in [-0.1, -0.05) is 41.8 Å². The third-order valence-electron chi connectivity index (χ3n) is 4.37. The van der Waals surface area contributed by atoms with Crippen LogP contribution in [0.15, 0.2) is 16.6 Å². The van der Waals surface area contributed by atoms with Gasteiger partial charge in [-0.15, -0.1) is 0 Å². The summed E-state index contributed by atoms with van der Waals surface area (Å²) in [5.74, 6) is 1.28. The molecule has 1 N–H and O–H groups in total. The van der Waals surface area contributed by atoms with E-state index in [-0.39, 0.29) is 6.10 Å². The number of aliphatic hydroxyl groups excluding tert-OH is 1. The molecule has 18 heavy (non-hydrogen) atoms. The molecule has 100 valence electrons. The number of aliphatic hydroxyl groups is 1. The second-order valence-electron chi connectivity index (χ2n) is 5.92. The van der Waals surface area contributed by atoms with E-state index in [0.29, 0.717) is 5.92 Å². The summed E-state index contributed by atoms with van der Waals surface area (Å²) >= 11 is 3.55. The fourth-order valence-corrected chi connectivity index (χ4v) is 3.44. The molecule has 2 heteroatoms. The van der Waals surface area contributed by atoms with Crippen molar-refractivity contribution >= 4 is 15.9 Å². The van der Waals surface area contributed by atoms with Gasteiger partial charge in [0.05, 0.1) is 6.10 Å². The van der Waals surface area contributed by atoms with Crippen molar-refractivity contribution in [1.29, 1.82) is 0 Å². The molecule has 0 spiro atoms. The number of benzene rings is 1. The second kappa shape index (κ2) is 5.75. The Morgan fingerprint density at radius 1 is 1.11 bits per heavy atom. The number of aryl methyl sites for hydroxylation is 2. The van der Waals surface area contributed by atoms with Gasteiger partial charge in [0.2, 0.25) is 0 Å². The van der Waals surface area contributed by atoms with Gasteiger partial charge < -0.3 is 5.11 Å². The molecule has 1 aliphatic carbocycles. The standard InChI is InChI=1S/C16H23BrO/c1-10-4-6-13(7-5-10)16(18)14-8-12(3)15(17)9-11(14)2/h8-10,13,16,18H,4-7H2,1-3H3. The molecule has 1 aromatic carbocycles. The van der Waals surface area contributed by atoms with Crippen molar-refractivity contribution in [2.24, 2.45) is 11.8 Å². The van der Waals surface area contributed by atoms with E-state index in [9.17, 15) is 5.11 Å². The summed E-state index contributed by atoms with van der Waals surface area (Å²) < 4.78 is 1.13. The lowest BCUT2D eigenvalue weighted by Gasteiger charge is -2.31. The average Bonchev–Trinajstić information content (AvgIpc) is 2.34. The summed E-state index contributed by atoms with van der Waals surface area (Å²) in [5, 5.41) is 10.6. The maximum Gasteiger partial charge on any atom is 0.0820 e. The third kappa shape index (κ3) is 2.97. The molecule has 2 rings (SSSR count). The Kier molecular flexibility index (Phi) is 4.50. The summed E-state index contributed by atoms with van der Waals surface area (Å²) in [6, 6.07) is 4.27. The van der Waals surface area contributed by atoms with Gasteiger partial charge in [-0.05, 0) is 61.3 Å². The monoisotopic (exact) mass is 310 g/mol. The SMILES string of the molecule is Cc1cc(C(O)C2CCC(C)CC2)c(C)cc1Br. The first kappa shape index (κ1) is 14.1. The number of hydrogen-bond acceptors (Lipinski definition) is 1. The Labute approximate surface area is 119 Å². The maximum atomic E-state index is 10.6. The smallest absolute Gasteiger partial charge is 0.0820 e. The lowest BCUT2D eigenvalue weighted by Crippen LogP contribution is -2.20. The molecule has 0 amide bonds. The Morgan fingerprint density at radius 3 is 2.33 bits per heavy atom. The minimum atomic E-state index is -0.288. The summed E-state index contributed by atoms with van der Waals surface area (Å²) in [4.78, 5) is 0. The molecule has 1 aromatic rings. The van der Waals surface area contributed by atoms with Crippen molar-refractivity contribution in [2.75, 3.05) is 0 Å². The van der Waals surface area contributed by atoms with Crippen LogP contribution in [0.4, 0.5) is 0 Å². The van der Waals surface area contributed by atoms with Crippen LogP contribution in [0.5, 0.6) is 0 Å². The highest BCUT2D eigenvalue weighted by Gasteiger charge is 2.26. The van der Waals surface area contributed by atoms with Crippen molar-refractivity contribution in [3.8, 4) is 0 Å². The molecule has 0 aromatic heterocycles. The summed E-state index contributed by atoms with van der Waals surface area (Å²) in [5.41, 5.74) is 3.52. The van der Waals surface area contributed by atoms with Crippen LogP contribution in [0.3, 0.4) is 0 Å². The van der Waals surface area contributed by atoms with E-state index in [1.807, 2.05) is 0 Å². The lowest BCUT2D eigenvalue weighted by molar-refractivity contribution is 0.0750. The van der Waals surface area contributed by atoms with E-state index in [2.05, 4.69) is 48.8 Å². The van der Waals surface area contributed by atoms with Crippen LogP contribution in [-0.4, -0.2) is 5.11 Å². The van der Waals surface area contributed by atoms with Gasteiger partial charge in [0.1, 0.15) is 0 Å². The first-order chi connectivity index (χ1) is 8.49. The topological polar surface area (TPSA) is 20.2 Å². The highest BCUT2D eigenvalue weighted by molar-refractivity contribution is 9.10. The molecule has 0 bridgehead atoms. The average molecular weight is 311 g/mol. The Hall–Kier alpha value is -0.340. The van der Waals surface area contributed by atoms with Crippen molar-refractivity contribution in [3.05, 3.63) is 33.3 Å². The van der Waals surface area contributed by atoms with Gasteiger partial charge in [0, 0.05) is 4.47 Å². The van der Waals surface area contributed by atoms with Gasteiger partial charge in [-0.3, -0.25) is 0 Å². The minimum Gasteiger partial charge on any atom is -0.388 e. The molecule has 0 saturated heterocycles. The van der Waals surface area contributed by atoms with Crippen molar-refractivity contribution in [3.63, 3.8) is 0 Å². The van der Waals surface area contributed by atoms with Gasteiger partial charge >= 0.3 is 0 Å². The van der Waals surface area contributed by atoms with E-state index in [1.165, 1.54) is 24.0 Å². The van der Waals surface area contributed by atoms with E-state index < -0.39 is 0 Å². The van der Waals surface area contributed by atoms with E-state index in [0.717, 1.165) is 28.8 Å². The normalized spacial score (nSPS) is 26.1. The Morgan fingerprint density at radius 2 is 1.72 bits per heavy atom. The first-order valence-corrected chi connectivity index (χ1v) is 7.73. The number of hydrogen-bond donors (Lipinski definition) is 1. The predicted octanol–water partition coefficient (Wildman–Crippen LogP) is 4.93. The van der Waals surface area contributed by atoms with Crippen LogP contribution in [0.25, 0.3) is 0 Å². The van der Waals surface area contributed by atoms with Crippen LogP contribution < -0.4 is 0 Å². The third-order valence-corrected chi connectivity index (χ3v) is 5.23. The summed E-state index contributed by atoms with van der Waals surface area (Å²) in [7, 11) is 0. The maximum absolute atomic E-state index is 10.6. The van der Waals surface area contributed by atoms with E-state index >= 15 is 0 Å². The van der Waals surface area contributed by atoms with Crippen LogP contribution >= 0.6 is 15.9 Å². The molecule has 1 unspecified atom stereocenters. The Balaban J connectivity index is 2.18. The van der Waals surface area contributed by atoms with Crippen LogP contribution in [0, 0.1) is 25.7 Å². The van der Waals surface area contributed by atoms with Gasteiger partial charge in [0.15, 0.2) is 0 Å². The quantitative estimate of drug-likeness (QED) is 0.821. The Bertz CT molecular complexity index is 419. The molecule has 0 aliphatic heterocycles. The predicted molar refractivity (Wildman–Crippen MR) is 79.7 cm³/mol. The largest absolute Gasteiger partial charge is 0.388 e. The molecule has 1 atom stereocenters. The fourth-order valence-electron chi connectivity index (χ4n) is 2.98. The zero-order chi connectivity index (χ0) is 13.3.